The molecule has 0 unspecified atom stereocenters. The van der Waals surface area contributed by atoms with Gasteiger partial charge in [0.05, 0.1) is 6.33 Å². The number of nitrogens with one attached hydrogen (secondary N) is 1. The number of carbonyl (C=O) groups is 1. The molecule has 0 aliphatic carbocycles. The third-order valence-electron chi connectivity index (χ3n) is 2.12. The number of hydrogen-bond donors (Lipinski definition) is 1. The number of aromatic nitrogens is 3. The Morgan fingerprint density at radius 3 is 2.75 bits per heavy atom. The lowest BCUT2D eigenvalue weighted by Gasteiger charge is -2.05. The van der Waals surface area contributed by atoms with E-state index in [1.807, 2.05) is 12.1 Å². The maximum absolute atomic E-state index is 11.5. The van der Waals surface area contributed by atoms with Crippen molar-refractivity contribution < 1.29 is 4.79 Å². The van der Waals surface area contributed by atoms with Gasteiger partial charge in [-0.2, -0.15) is 0 Å². The summed E-state index contributed by atoms with van der Waals surface area (Å²) in [6.45, 7) is 0.821. The summed E-state index contributed by atoms with van der Waals surface area (Å²) in [6.07, 6.45) is 8.43. The molecule has 0 fully saturated rings. The van der Waals surface area contributed by atoms with Gasteiger partial charge in [0.2, 0.25) is 5.91 Å². The van der Waals surface area contributed by atoms with Crippen LogP contribution in [0.3, 0.4) is 0 Å². The van der Waals surface area contributed by atoms with E-state index in [2.05, 4.69) is 15.3 Å². The van der Waals surface area contributed by atoms with E-state index in [9.17, 15) is 4.79 Å². The number of imidazole rings is 1. The van der Waals surface area contributed by atoms with Crippen LogP contribution in [0.25, 0.3) is 0 Å². The van der Waals surface area contributed by atoms with Gasteiger partial charge in [-0.15, -0.1) is 0 Å². The number of nitrogens with zero attached hydrogens (tertiary/aromatic N) is 3. The molecule has 0 spiro atoms. The maximum atomic E-state index is 11.5. The lowest BCUT2D eigenvalue weighted by Crippen LogP contribution is -2.26. The van der Waals surface area contributed by atoms with E-state index >= 15 is 0 Å². The largest absolute Gasteiger partial charge is 0.350 e. The minimum atomic E-state index is -0.0326. The van der Waals surface area contributed by atoms with Crippen molar-refractivity contribution in [2.24, 2.45) is 0 Å². The van der Waals surface area contributed by atoms with Crippen molar-refractivity contribution >= 4 is 5.91 Å². The van der Waals surface area contributed by atoms with Gasteiger partial charge in [-0.05, 0) is 17.7 Å². The zero-order valence-corrected chi connectivity index (χ0v) is 8.71. The van der Waals surface area contributed by atoms with Crippen LogP contribution in [0.2, 0.25) is 0 Å². The molecule has 5 heteroatoms. The summed E-state index contributed by atoms with van der Waals surface area (Å²) < 4.78 is 1.72. The topological polar surface area (TPSA) is 59.8 Å². The molecule has 0 aliphatic rings. The Bertz CT molecular complexity index is 438. The average molecular weight is 216 g/mol. The molecule has 2 aromatic heterocycles. The molecule has 0 aromatic carbocycles. The molecule has 2 aromatic rings. The highest BCUT2D eigenvalue weighted by molar-refractivity contribution is 5.75. The van der Waals surface area contributed by atoms with Crippen LogP contribution in [0.5, 0.6) is 0 Å². The van der Waals surface area contributed by atoms with Crippen molar-refractivity contribution in [1.82, 2.24) is 19.9 Å². The molecule has 2 heterocycles. The van der Waals surface area contributed by atoms with Gasteiger partial charge in [0.1, 0.15) is 6.54 Å². The van der Waals surface area contributed by atoms with Crippen LogP contribution in [0.1, 0.15) is 5.56 Å². The van der Waals surface area contributed by atoms with Crippen LogP contribution in [0.15, 0.2) is 43.2 Å². The van der Waals surface area contributed by atoms with Crippen LogP contribution in [-0.4, -0.2) is 20.4 Å². The van der Waals surface area contributed by atoms with E-state index in [0.717, 1.165) is 5.56 Å². The van der Waals surface area contributed by atoms with Crippen molar-refractivity contribution in [2.45, 2.75) is 13.1 Å². The Morgan fingerprint density at radius 1 is 1.25 bits per heavy atom. The van der Waals surface area contributed by atoms with Gasteiger partial charge in [-0.1, -0.05) is 0 Å². The molecule has 16 heavy (non-hydrogen) atoms. The second-order valence-electron chi connectivity index (χ2n) is 3.37. The van der Waals surface area contributed by atoms with Crippen molar-refractivity contribution in [1.29, 1.82) is 0 Å². The molecule has 2 rings (SSSR count). The van der Waals surface area contributed by atoms with Gasteiger partial charge >= 0.3 is 0 Å². The fourth-order valence-electron chi connectivity index (χ4n) is 1.30. The first-order chi connectivity index (χ1) is 7.84. The second kappa shape index (κ2) is 5.06. The van der Waals surface area contributed by atoms with Crippen molar-refractivity contribution in [3.63, 3.8) is 0 Å². The predicted molar refractivity (Wildman–Crippen MR) is 58.3 cm³/mol. The van der Waals surface area contributed by atoms with Gasteiger partial charge in [0, 0.05) is 31.3 Å². The Hall–Kier alpha value is -2.17. The van der Waals surface area contributed by atoms with Gasteiger partial charge in [-0.3, -0.25) is 9.78 Å². The molecule has 0 atom stereocenters. The molecule has 0 aliphatic heterocycles. The number of rotatable bonds is 4. The first-order valence-electron chi connectivity index (χ1n) is 4.96. The lowest BCUT2D eigenvalue weighted by atomic mass is 10.3. The second-order valence-corrected chi connectivity index (χ2v) is 3.37. The summed E-state index contributed by atoms with van der Waals surface area (Å²) in [6, 6.07) is 3.75. The quantitative estimate of drug-likeness (QED) is 0.814. The van der Waals surface area contributed by atoms with Gasteiger partial charge in [0.15, 0.2) is 0 Å². The standard InChI is InChI=1S/C11H12N4O/c16-11(8-15-6-5-13-9-15)14-7-10-1-3-12-4-2-10/h1-6,9H,7-8H2,(H,14,16). The third kappa shape index (κ3) is 2.91. The summed E-state index contributed by atoms with van der Waals surface area (Å²) in [5, 5.41) is 2.82. The number of carbonyl (C=O) groups excluding carboxylic acids is 1. The minimum absolute atomic E-state index is 0.0326. The van der Waals surface area contributed by atoms with Gasteiger partial charge in [-0.25, -0.2) is 4.98 Å². The Morgan fingerprint density at radius 2 is 2.06 bits per heavy atom. The summed E-state index contributed by atoms with van der Waals surface area (Å²) in [5.41, 5.74) is 1.04. The summed E-state index contributed by atoms with van der Waals surface area (Å²) in [5.74, 6) is -0.0326. The lowest BCUT2D eigenvalue weighted by molar-refractivity contribution is -0.121. The number of amides is 1. The van der Waals surface area contributed by atoms with Crippen LogP contribution in [0.4, 0.5) is 0 Å². The van der Waals surface area contributed by atoms with Crippen molar-refractivity contribution in [2.75, 3.05) is 0 Å². The highest BCUT2D eigenvalue weighted by Gasteiger charge is 2.01. The summed E-state index contributed by atoms with van der Waals surface area (Å²) in [4.78, 5) is 19.3. The smallest absolute Gasteiger partial charge is 0.240 e. The highest BCUT2D eigenvalue weighted by atomic mass is 16.1. The molecular weight excluding hydrogens is 204 g/mol. The summed E-state index contributed by atoms with van der Waals surface area (Å²) in [7, 11) is 0. The van der Waals surface area contributed by atoms with Crippen LogP contribution >= 0.6 is 0 Å². The van der Waals surface area contributed by atoms with Crippen LogP contribution in [0, 0.1) is 0 Å². The van der Waals surface area contributed by atoms with Crippen LogP contribution in [-0.2, 0) is 17.9 Å². The summed E-state index contributed by atoms with van der Waals surface area (Å²) >= 11 is 0. The van der Waals surface area contributed by atoms with Crippen molar-refractivity contribution in [3.8, 4) is 0 Å². The van der Waals surface area contributed by atoms with E-state index in [-0.39, 0.29) is 5.91 Å². The fraction of sp³-hybridized carbons (Fsp3) is 0.182. The maximum Gasteiger partial charge on any atom is 0.240 e. The minimum Gasteiger partial charge on any atom is -0.350 e. The molecule has 0 saturated carbocycles. The Balaban J connectivity index is 1.80. The van der Waals surface area contributed by atoms with E-state index < -0.39 is 0 Å². The molecule has 1 N–H and O–H groups in total. The normalized spacial score (nSPS) is 10.0. The highest BCUT2D eigenvalue weighted by Crippen LogP contribution is 1.95. The fourth-order valence-corrected chi connectivity index (χ4v) is 1.30. The number of hydrogen-bond acceptors (Lipinski definition) is 3. The average Bonchev–Trinajstić information content (AvgIpc) is 2.81. The van der Waals surface area contributed by atoms with E-state index in [4.69, 9.17) is 0 Å². The van der Waals surface area contributed by atoms with Crippen molar-refractivity contribution in [3.05, 3.63) is 48.8 Å². The Kier molecular flexibility index (Phi) is 3.28. The zero-order valence-electron chi connectivity index (χ0n) is 8.71. The molecule has 0 bridgehead atoms. The SMILES string of the molecule is O=C(Cn1ccnc1)NCc1ccncc1. The molecule has 0 radical (unpaired) electrons. The molecule has 0 saturated heterocycles. The molecule has 82 valence electrons. The first kappa shape index (κ1) is 10.4. The van der Waals surface area contributed by atoms with Gasteiger partial charge in [0.25, 0.3) is 0 Å². The Labute approximate surface area is 93.2 Å². The third-order valence-corrected chi connectivity index (χ3v) is 2.12. The molecule has 5 nitrogen and oxygen atoms in total. The number of pyridine rings is 1. The van der Waals surface area contributed by atoms with E-state index in [1.54, 1.807) is 35.7 Å². The molecular formula is C11H12N4O. The van der Waals surface area contributed by atoms with E-state index in [1.165, 1.54) is 0 Å². The molecule has 1 amide bonds. The monoisotopic (exact) mass is 216 g/mol. The predicted octanol–water partition coefficient (Wildman–Crippen LogP) is 0.594. The van der Waals surface area contributed by atoms with Gasteiger partial charge < -0.3 is 9.88 Å². The van der Waals surface area contributed by atoms with E-state index in [0.29, 0.717) is 13.1 Å². The first-order valence-corrected chi connectivity index (χ1v) is 4.96. The zero-order chi connectivity index (χ0) is 11.2. The van der Waals surface area contributed by atoms with Crippen LogP contribution < -0.4 is 5.32 Å².